The quantitative estimate of drug-likeness (QED) is 0.408. The van der Waals surface area contributed by atoms with Gasteiger partial charge < -0.3 is 11.1 Å². The van der Waals surface area contributed by atoms with Crippen molar-refractivity contribution in [3.8, 4) is 22.6 Å². The van der Waals surface area contributed by atoms with Gasteiger partial charge in [0.05, 0.1) is 23.3 Å². The molecule has 2 heterocycles. The van der Waals surface area contributed by atoms with E-state index in [0.717, 1.165) is 22.6 Å². The zero-order valence-corrected chi connectivity index (χ0v) is 18.0. The average Bonchev–Trinajstić information content (AvgIpc) is 3.56. The Morgan fingerprint density at radius 1 is 0.824 bits per heavy atom. The first kappa shape index (κ1) is 20.9. The minimum atomic E-state index is -0.587. The fraction of sp³-hybridized carbons (Fsp3) is 0. The minimum Gasteiger partial charge on any atom is -0.364 e. The van der Waals surface area contributed by atoms with Crippen LogP contribution in [0.4, 0.5) is 5.69 Å². The second-order valence-corrected chi connectivity index (χ2v) is 7.56. The second kappa shape index (κ2) is 8.87. The summed E-state index contributed by atoms with van der Waals surface area (Å²) in [5.41, 5.74) is 10.1. The summed E-state index contributed by atoms with van der Waals surface area (Å²) in [6, 6.07) is 27.9. The summed E-state index contributed by atoms with van der Waals surface area (Å²) < 4.78 is 3.36. The molecule has 166 valence electrons. The molecule has 8 heteroatoms. The van der Waals surface area contributed by atoms with Crippen LogP contribution in [0.15, 0.2) is 103 Å². The molecule has 0 aliphatic heterocycles. The Hall–Kier alpha value is -4.98. The largest absolute Gasteiger partial charge is 0.364 e. The number of rotatable bonds is 6. The predicted octanol–water partition coefficient (Wildman–Crippen LogP) is 4.08. The number of carbonyl (C=O) groups excluding carboxylic acids is 2. The van der Waals surface area contributed by atoms with Crippen molar-refractivity contribution in [2.45, 2.75) is 0 Å². The normalized spacial score (nSPS) is 10.7. The third-order valence-corrected chi connectivity index (χ3v) is 5.30. The van der Waals surface area contributed by atoms with E-state index in [1.165, 1.54) is 0 Å². The maximum Gasteiger partial charge on any atom is 0.269 e. The van der Waals surface area contributed by atoms with Gasteiger partial charge in [0, 0.05) is 23.0 Å². The van der Waals surface area contributed by atoms with E-state index in [4.69, 9.17) is 5.73 Å². The molecule has 0 unspecified atom stereocenters. The lowest BCUT2D eigenvalue weighted by molar-refractivity contribution is 0.0993. The van der Waals surface area contributed by atoms with Crippen LogP contribution >= 0.6 is 0 Å². The number of nitrogens with one attached hydrogen (secondary N) is 1. The highest BCUT2D eigenvalue weighted by atomic mass is 16.2. The van der Waals surface area contributed by atoms with Gasteiger partial charge in [0.2, 0.25) is 0 Å². The van der Waals surface area contributed by atoms with E-state index in [9.17, 15) is 9.59 Å². The maximum atomic E-state index is 12.9. The van der Waals surface area contributed by atoms with Crippen molar-refractivity contribution in [1.29, 1.82) is 0 Å². The molecule has 2 amide bonds. The van der Waals surface area contributed by atoms with Gasteiger partial charge in [0.25, 0.3) is 11.8 Å². The standard InChI is InChI=1S/C26H20N6O2/c27-25(33)23-14-16-31(30-23)21-11-9-20(10-12-21)29-26(34)19-7-4-8-22(17-19)32-24(13-15-28-32)18-5-2-1-3-6-18/h1-17H,(H2,27,33)(H,29,34). The van der Waals surface area contributed by atoms with Crippen molar-refractivity contribution >= 4 is 17.5 Å². The monoisotopic (exact) mass is 448 g/mol. The lowest BCUT2D eigenvalue weighted by Crippen LogP contribution is -2.13. The predicted molar refractivity (Wildman–Crippen MR) is 129 cm³/mol. The van der Waals surface area contributed by atoms with Gasteiger partial charge in [-0.2, -0.15) is 10.2 Å². The molecule has 5 aromatic rings. The minimum absolute atomic E-state index is 0.185. The molecule has 8 nitrogen and oxygen atoms in total. The molecule has 0 fully saturated rings. The Balaban J connectivity index is 1.34. The van der Waals surface area contributed by atoms with E-state index in [1.54, 1.807) is 59.5 Å². The van der Waals surface area contributed by atoms with E-state index < -0.39 is 5.91 Å². The Morgan fingerprint density at radius 3 is 2.35 bits per heavy atom. The number of nitrogens with two attached hydrogens (primary N) is 1. The van der Waals surface area contributed by atoms with Gasteiger partial charge in [-0.25, -0.2) is 9.36 Å². The van der Waals surface area contributed by atoms with Gasteiger partial charge in [0.15, 0.2) is 0 Å². The third-order valence-electron chi connectivity index (χ3n) is 5.30. The highest BCUT2D eigenvalue weighted by Gasteiger charge is 2.12. The number of aromatic nitrogens is 4. The highest BCUT2D eigenvalue weighted by molar-refractivity contribution is 6.04. The Bertz CT molecular complexity index is 1470. The van der Waals surface area contributed by atoms with Crippen LogP contribution in [0.25, 0.3) is 22.6 Å². The van der Waals surface area contributed by atoms with Crippen LogP contribution in [0.2, 0.25) is 0 Å². The topological polar surface area (TPSA) is 108 Å². The lowest BCUT2D eigenvalue weighted by Gasteiger charge is -2.10. The average molecular weight is 448 g/mol. The zero-order valence-electron chi connectivity index (χ0n) is 18.0. The molecule has 0 bridgehead atoms. The molecule has 5 rings (SSSR count). The SMILES string of the molecule is NC(=O)c1ccn(-c2ccc(NC(=O)c3cccc(-n4nccc4-c4ccccc4)c3)cc2)n1. The molecule has 0 radical (unpaired) electrons. The first-order chi connectivity index (χ1) is 16.6. The van der Waals surface area contributed by atoms with Crippen LogP contribution in [0.5, 0.6) is 0 Å². The van der Waals surface area contributed by atoms with Crippen molar-refractivity contribution in [3.63, 3.8) is 0 Å². The number of amides is 2. The molecule has 0 atom stereocenters. The second-order valence-electron chi connectivity index (χ2n) is 7.56. The number of benzene rings is 3. The van der Waals surface area contributed by atoms with Gasteiger partial charge in [-0.15, -0.1) is 0 Å². The zero-order chi connectivity index (χ0) is 23.5. The molecule has 0 spiro atoms. The Labute approximate surface area is 195 Å². The first-order valence-corrected chi connectivity index (χ1v) is 10.6. The number of hydrogen-bond donors (Lipinski definition) is 2. The molecule has 0 saturated carbocycles. The summed E-state index contributed by atoms with van der Waals surface area (Å²) in [6.07, 6.45) is 3.39. The van der Waals surface area contributed by atoms with E-state index in [2.05, 4.69) is 15.5 Å². The lowest BCUT2D eigenvalue weighted by atomic mass is 10.1. The molecule has 3 aromatic carbocycles. The van der Waals surface area contributed by atoms with Crippen molar-refractivity contribution in [3.05, 3.63) is 115 Å². The van der Waals surface area contributed by atoms with E-state index in [-0.39, 0.29) is 11.6 Å². The molecule has 0 aliphatic rings. The Kier molecular flexibility index (Phi) is 5.45. The molecule has 34 heavy (non-hydrogen) atoms. The van der Waals surface area contributed by atoms with Crippen molar-refractivity contribution in [1.82, 2.24) is 19.6 Å². The van der Waals surface area contributed by atoms with Crippen LogP contribution < -0.4 is 11.1 Å². The van der Waals surface area contributed by atoms with Crippen molar-refractivity contribution in [2.24, 2.45) is 5.73 Å². The van der Waals surface area contributed by atoms with Crippen molar-refractivity contribution in [2.75, 3.05) is 5.32 Å². The fourth-order valence-electron chi connectivity index (χ4n) is 3.62. The van der Waals surface area contributed by atoms with Crippen molar-refractivity contribution < 1.29 is 9.59 Å². The van der Waals surface area contributed by atoms with Crippen LogP contribution in [0, 0.1) is 0 Å². The van der Waals surface area contributed by atoms with E-state index in [0.29, 0.717) is 11.3 Å². The third kappa shape index (κ3) is 4.20. The van der Waals surface area contributed by atoms with E-state index >= 15 is 0 Å². The van der Waals surface area contributed by atoms with Crippen LogP contribution in [-0.2, 0) is 0 Å². The van der Waals surface area contributed by atoms with Gasteiger partial charge in [-0.3, -0.25) is 9.59 Å². The summed E-state index contributed by atoms with van der Waals surface area (Å²) in [7, 11) is 0. The van der Waals surface area contributed by atoms with E-state index in [1.807, 2.05) is 53.2 Å². The fourth-order valence-corrected chi connectivity index (χ4v) is 3.62. The molecular formula is C26H20N6O2. The maximum absolute atomic E-state index is 12.9. The summed E-state index contributed by atoms with van der Waals surface area (Å²) >= 11 is 0. The van der Waals surface area contributed by atoms with Gasteiger partial charge >= 0.3 is 0 Å². The Morgan fingerprint density at radius 2 is 1.62 bits per heavy atom. The summed E-state index contributed by atoms with van der Waals surface area (Å²) in [6.45, 7) is 0. The molecule has 0 saturated heterocycles. The smallest absolute Gasteiger partial charge is 0.269 e. The number of hydrogen-bond acceptors (Lipinski definition) is 4. The van der Waals surface area contributed by atoms with Crippen LogP contribution in [0.1, 0.15) is 20.8 Å². The molecular weight excluding hydrogens is 428 g/mol. The van der Waals surface area contributed by atoms with Gasteiger partial charge in [-0.1, -0.05) is 36.4 Å². The van der Waals surface area contributed by atoms with Gasteiger partial charge in [0.1, 0.15) is 5.69 Å². The first-order valence-electron chi connectivity index (χ1n) is 10.6. The molecule has 0 aliphatic carbocycles. The van der Waals surface area contributed by atoms with Crippen LogP contribution in [0.3, 0.4) is 0 Å². The summed E-state index contributed by atoms with van der Waals surface area (Å²) in [4.78, 5) is 24.2. The number of anilines is 1. The highest BCUT2D eigenvalue weighted by Crippen LogP contribution is 2.23. The number of nitrogens with zero attached hydrogens (tertiary/aromatic N) is 4. The van der Waals surface area contributed by atoms with Crippen LogP contribution in [-0.4, -0.2) is 31.4 Å². The summed E-state index contributed by atoms with van der Waals surface area (Å²) in [5.74, 6) is -0.825. The van der Waals surface area contributed by atoms with Gasteiger partial charge in [-0.05, 0) is 54.6 Å². The molecule has 3 N–H and O–H groups in total. The number of primary amides is 1. The molecule has 2 aromatic heterocycles. The summed E-state index contributed by atoms with van der Waals surface area (Å²) in [5, 5.41) is 11.5. The number of carbonyl (C=O) groups is 2.